The summed E-state index contributed by atoms with van der Waals surface area (Å²) >= 11 is 0. The van der Waals surface area contributed by atoms with Crippen molar-refractivity contribution in [1.82, 2.24) is 0 Å². The standard InChI is InChI=1S/C64H98O6/c1-4-7-10-13-16-18-20-22-24-25-26-27-28-29-30-31-32-33-34-35-36-37-38-39-41-42-44-46-48-51-54-57-63(66)69-60-61(59-68-62(65)56-53-50-15-12-9-6-3)70-64(67)58-55-52-49-47-45-43-40-23-21-19-17-14-11-8-5-2/h7-8,10-11,16-19,22-24,26-27,29-30,32-33,35-36,38-40,45,47,52,55,61H,4-6,9,12-15,20-21,25,28,31,34,37,41-44,46,48-51,53-54,56-60H2,1-3H3/b10-7-,11-8-,18-16-,19-17-,24-22-,27-26-,30-29-,33-32-,36-35-,39-38-,40-23-,47-45-,55-52-. The maximum Gasteiger partial charge on any atom is 0.310 e. The van der Waals surface area contributed by atoms with Crippen LogP contribution < -0.4 is 0 Å². The number of rotatable bonds is 47. The monoisotopic (exact) mass is 963 g/mol. The molecule has 0 N–H and O–H groups in total. The molecule has 0 radical (unpaired) electrons. The molecular weight excluding hydrogens is 865 g/mol. The normalized spacial score (nSPS) is 13.4. The van der Waals surface area contributed by atoms with Crippen LogP contribution in [0.1, 0.15) is 207 Å². The molecule has 0 saturated carbocycles. The van der Waals surface area contributed by atoms with E-state index in [9.17, 15) is 14.4 Å². The summed E-state index contributed by atoms with van der Waals surface area (Å²) in [4.78, 5) is 37.7. The SMILES string of the molecule is CC/C=C\C/C=C\C/C=C\C/C=C\C/C=C\C/C=C\C/C=C\C/C=C\CCCCCCCCC(=O)OCC(COC(=O)CCCCCCCC)OC(=O)C/C=C\C/C=C\C/C=C\C/C=C\C/C=C\CC. The van der Waals surface area contributed by atoms with Gasteiger partial charge in [0.05, 0.1) is 6.42 Å². The number of carbonyl (C=O) groups is 3. The van der Waals surface area contributed by atoms with E-state index in [-0.39, 0.29) is 31.6 Å². The molecule has 0 bridgehead atoms. The van der Waals surface area contributed by atoms with Crippen LogP contribution in [0.4, 0.5) is 0 Å². The van der Waals surface area contributed by atoms with Crippen molar-refractivity contribution in [3.8, 4) is 0 Å². The molecule has 0 aliphatic rings. The lowest BCUT2D eigenvalue weighted by atomic mass is 10.1. The summed E-state index contributed by atoms with van der Waals surface area (Å²) in [5, 5.41) is 0. The summed E-state index contributed by atoms with van der Waals surface area (Å²) in [5.41, 5.74) is 0. The Balaban J connectivity index is 4.26. The Hall–Kier alpha value is -4.97. The van der Waals surface area contributed by atoms with Gasteiger partial charge in [-0.15, -0.1) is 0 Å². The molecule has 0 rings (SSSR count). The average Bonchev–Trinajstić information content (AvgIpc) is 3.36. The van der Waals surface area contributed by atoms with E-state index in [1.165, 1.54) is 32.1 Å². The minimum Gasteiger partial charge on any atom is -0.462 e. The van der Waals surface area contributed by atoms with Crippen molar-refractivity contribution >= 4 is 17.9 Å². The second-order valence-corrected chi connectivity index (χ2v) is 17.4. The molecule has 0 aromatic rings. The van der Waals surface area contributed by atoms with Crippen LogP contribution in [0.3, 0.4) is 0 Å². The zero-order chi connectivity index (χ0) is 50.7. The molecule has 0 aliphatic carbocycles. The van der Waals surface area contributed by atoms with E-state index >= 15 is 0 Å². The minimum absolute atomic E-state index is 0.0869. The molecule has 6 heteroatoms. The Kier molecular flexibility index (Phi) is 52.6. The van der Waals surface area contributed by atoms with E-state index < -0.39 is 12.1 Å². The Bertz CT molecular complexity index is 1620. The lowest BCUT2D eigenvalue weighted by Crippen LogP contribution is -2.30. The van der Waals surface area contributed by atoms with Gasteiger partial charge in [-0.25, -0.2) is 0 Å². The molecule has 0 spiro atoms. The van der Waals surface area contributed by atoms with Gasteiger partial charge < -0.3 is 14.2 Å². The van der Waals surface area contributed by atoms with Gasteiger partial charge in [0.25, 0.3) is 0 Å². The van der Waals surface area contributed by atoms with Crippen LogP contribution in [-0.2, 0) is 28.6 Å². The fourth-order valence-electron chi connectivity index (χ4n) is 6.77. The molecule has 1 atom stereocenters. The third-order valence-corrected chi connectivity index (χ3v) is 10.8. The molecule has 390 valence electrons. The Morgan fingerprint density at radius 2 is 0.600 bits per heavy atom. The first-order valence-electron chi connectivity index (χ1n) is 27.5. The first-order chi connectivity index (χ1) is 34.5. The Morgan fingerprint density at radius 1 is 0.314 bits per heavy atom. The summed E-state index contributed by atoms with van der Waals surface area (Å²) in [7, 11) is 0. The summed E-state index contributed by atoms with van der Waals surface area (Å²) in [6.45, 7) is 6.22. The molecule has 0 aromatic heterocycles. The number of hydrogen-bond donors (Lipinski definition) is 0. The maximum atomic E-state index is 12.7. The molecule has 0 aromatic carbocycles. The van der Waals surface area contributed by atoms with Crippen LogP contribution in [0.2, 0.25) is 0 Å². The van der Waals surface area contributed by atoms with Gasteiger partial charge >= 0.3 is 17.9 Å². The molecular formula is C64H98O6. The number of hydrogen-bond acceptors (Lipinski definition) is 6. The third kappa shape index (κ3) is 54.0. The van der Waals surface area contributed by atoms with E-state index in [1.54, 1.807) is 6.08 Å². The molecule has 0 amide bonds. The first kappa shape index (κ1) is 65.0. The minimum atomic E-state index is -0.842. The quantitative estimate of drug-likeness (QED) is 0.0262. The van der Waals surface area contributed by atoms with E-state index in [0.717, 1.165) is 128 Å². The van der Waals surface area contributed by atoms with Crippen LogP contribution >= 0.6 is 0 Å². The maximum absolute atomic E-state index is 12.7. The highest BCUT2D eigenvalue weighted by Crippen LogP contribution is 2.12. The lowest BCUT2D eigenvalue weighted by molar-refractivity contribution is -0.166. The van der Waals surface area contributed by atoms with Crippen LogP contribution in [-0.4, -0.2) is 37.2 Å². The second-order valence-electron chi connectivity index (χ2n) is 17.4. The van der Waals surface area contributed by atoms with Gasteiger partial charge in [0.15, 0.2) is 6.10 Å². The van der Waals surface area contributed by atoms with Crippen molar-refractivity contribution in [3.63, 3.8) is 0 Å². The summed E-state index contributed by atoms with van der Waals surface area (Å²) in [6, 6.07) is 0. The molecule has 0 saturated heterocycles. The van der Waals surface area contributed by atoms with Crippen LogP contribution in [0.25, 0.3) is 0 Å². The summed E-state index contributed by atoms with van der Waals surface area (Å²) < 4.78 is 16.6. The van der Waals surface area contributed by atoms with Gasteiger partial charge in [-0.2, -0.15) is 0 Å². The van der Waals surface area contributed by atoms with E-state index in [0.29, 0.717) is 19.3 Å². The topological polar surface area (TPSA) is 78.9 Å². The van der Waals surface area contributed by atoms with Gasteiger partial charge in [-0.3, -0.25) is 14.4 Å². The average molecular weight is 963 g/mol. The van der Waals surface area contributed by atoms with Crippen LogP contribution in [0.5, 0.6) is 0 Å². The lowest BCUT2D eigenvalue weighted by Gasteiger charge is -2.18. The van der Waals surface area contributed by atoms with E-state index in [2.05, 4.69) is 167 Å². The summed E-state index contributed by atoms with van der Waals surface area (Å²) in [5.74, 6) is -1.10. The first-order valence-corrected chi connectivity index (χ1v) is 27.5. The van der Waals surface area contributed by atoms with Gasteiger partial charge in [0.2, 0.25) is 0 Å². The van der Waals surface area contributed by atoms with Crippen molar-refractivity contribution in [2.24, 2.45) is 0 Å². The van der Waals surface area contributed by atoms with Gasteiger partial charge in [0, 0.05) is 12.8 Å². The molecule has 0 fully saturated rings. The third-order valence-electron chi connectivity index (χ3n) is 10.8. The number of carbonyl (C=O) groups excluding carboxylic acids is 3. The predicted molar refractivity (Wildman–Crippen MR) is 302 cm³/mol. The summed E-state index contributed by atoms with van der Waals surface area (Å²) in [6.07, 6.45) is 82.9. The largest absolute Gasteiger partial charge is 0.462 e. The number of allylic oxidation sites excluding steroid dienone is 25. The van der Waals surface area contributed by atoms with E-state index in [4.69, 9.17) is 14.2 Å². The smallest absolute Gasteiger partial charge is 0.310 e. The van der Waals surface area contributed by atoms with Gasteiger partial charge in [-0.1, -0.05) is 237 Å². The van der Waals surface area contributed by atoms with Crippen LogP contribution in [0.15, 0.2) is 158 Å². The van der Waals surface area contributed by atoms with Crippen molar-refractivity contribution in [1.29, 1.82) is 0 Å². The second kappa shape index (κ2) is 56.6. The highest BCUT2D eigenvalue weighted by Gasteiger charge is 2.19. The Labute approximate surface area is 429 Å². The van der Waals surface area contributed by atoms with Gasteiger partial charge in [0.1, 0.15) is 13.2 Å². The number of ether oxygens (including phenoxy) is 3. The number of unbranched alkanes of at least 4 members (excludes halogenated alkanes) is 11. The molecule has 0 aliphatic heterocycles. The molecule has 0 heterocycles. The van der Waals surface area contributed by atoms with Crippen molar-refractivity contribution < 1.29 is 28.6 Å². The van der Waals surface area contributed by atoms with Crippen molar-refractivity contribution in [3.05, 3.63) is 158 Å². The number of esters is 3. The predicted octanol–water partition coefficient (Wildman–Crippen LogP) is 18.6. The van der Waals surface area contributed by atoms with Crippen molar-refractivity contribution in [2.45, 2.75) is 213 Å². The Morgan fingerprint density at radius 3 is 0.943 bits per heavy atom. The zero-order valence-corrected chi connectivity index (χ0v) is 44.5. The highest BCUT2D eigenvalue weighted by atomic mass is 16.6. The molecule has 6 nitrogen and oxygen atoms in total. The van der Waals surface area contributed by atoms with Crippen molar-refractivity contribution in [2.75, 3.05) is 13.2 Å². The molecule has 70 heavy (non-hydrogen) atoms. The fraction of sp³-hybridized carbons (Fsp3) is 0.547. The van der Waals surface area contributed by atoms with Gasteiger partial charge in [-0.05, 0) is 109 Å². The molecule has 1 unspecified atom stereocenters. The van der Waals surface area contributed by atoms with E-state index in [1.807, 2.05) is 6.08 Å². The zero-order valence-electron chi connectivity index (χ0n) is 44.5. The highest BCUT2D eigenvalue weighted by molar-refractivity contribution is 5.72. The van der Waals surface area contributed by atoms with Crippen LogP contribution in [0, 0.1) is 0 Å². The fourth-order valence-corrected chi connectivity index (χ4v) is 6.77.